The first-order chi connectivity index (χ1) is 8.24. The molecular formula is C13H20N2O2. The fourth-order valence-electron chi connectivity index (χ4n) is 2.22. The average molecular weight is 236 g/mol. The van der Waals surface area contributed by atoms with Crippen LogP contribution in [0.15, 0.2) is 18.3 Å². The molecule has 1 saturated heterocycles. The molecule has 1 aromatic rings. The van der Waals surface area contributed by atoms with Gasteiger partial charge in [-0.3, -0.25) is 4.98 Å². The third-order valence-corrected chi connectivity index (χ3v) is 3.15. The SMILES string of the molecule is CN(Cc1ccc(O)cn1)CC1CCOCC1. The van der Waals surface area contributed by atoms with Gasteiger partial charge in [-0.15, -0.1) is 0 Å². The second-order valence-corrected chi connectivity index (χ2v) is 4.76. The lowest BCUT2D eigenvalue weighted by atomic mass is 10.00. The molecule has 0 amide bonds. The Bertz CT molecular complexity index is 334. The molecule has 1 fully saturated rings. The largest absolute Gasteiger partial charge is 0.506 e. The zero-order valence-corrected chi connectivity index (χ0v) is 10.3. The lowest BCUT2D eigenvalue weighted by Gasteiger charge is -2.26. The van der Waals surface area contributed by atoms with E-state index < -0.39 is 0 Å². The Morgan fingerprint density at radius 1 is 1.41 bits per heavy atom. The van der Waals surface area contributed by atoms with Gasteiger partial charge in [-0.1, -0.05) is 0 Å². The fourth-order valence-corrected chi connectivity index (χ4v) is 2.22. The van der Waals surface area contributed by atoms with Gasteiger partial charge in [0.1, 0.15) is 5.75 Å². The lowest BCUT2D eigenvalue weighted by Crippen LogP contribution is -2.29. The number of pyridine rings is 1. The van der Waals surface area contributed by atoms with Crippen LogP contribution in [0.3, 0.4) is 0 Å². The molecular weight excluding hydrogens is 216 g/mol. The van der Waals surface area contributed by atoms with Crippen molar-refractivity contribution in [2.45, 2.75) is 19.4 Å². The molecule has 0 saturated carbocycles. The highest BCUT2D eigenvalue weighted by molar-refractivity contribution is 5.17. The molecule has 1 aromatic heterocycles. The molecule has 0 bridgehead atoms. The quantitative estimate of drug-likeness (QED) is 0.863. The van der Waals surface area contributed by atoms with Gasteiger partial charge in [0.2, 0.25) is 0 Å². The molecule has 0 unspecified atom stereocenters. The molecule has 0 aliphatic carbocycles. The number of hydrogen-bond donors (Lipinski definition) is 1. The number of ether oxygens (including phenoxy) is 1. The molecule has 0 atom stereocenters. The summed E-state index contributed by atoms with van der Waals surface area (Å²) in [4.78, 5) is 6.48. The zero-order valence-electron chi connectivity index (χ0n) is 10.3. The summed E-state index contributed by atoms with van der Waals surface area (Å²) >= 11 is 0. The van der Waals surface area contributed by atoms with Crippen LogP contribution < -0.4 is 0 Å². The molecule has 2 heterocycles. The van der Waals surface area contributed by atoms with Gasteiger partial charge in [0.25, 0.3) is 0 Å². The van der Waals surface area contributed by atoms with Crippen LogP contribution in [0.1, 0.15) is 18.5 Å². The van der Waals surface area contributed by atoms with Crippen molar-refractivity contribution >= 4 is 0 Å². The van der Waals surface area contributed by atoms with Gasteiger partial charge >= 0.3 is 0 Å². The average Bonchev–Trinajstić information content (AvgIpc) is 2.33. The maximum atomic E-state index is 9.16. The second-order valence-electron chi connectivity index (χ2n) is 4.76. The number of hydrogen-bond acceptors (Lipinski definition) is 4. The van der Waals surface area contributed by atoms with Crippen molar-refractivity contribution in [1.82, 2.24) is 9.88 Å². The van der Waals surface area contributed by atoms with Crippen molar-refractivity contribution in [2.24, 2.45) is 5.92 Å². The number of aromatic hydroxyl groups is 1. The van der Waals surface area contributed by atoms with Crippen molar-refractivity contribution < 1.29 is 9.84 Å². The Labute approximate surface area is 102 Å². The number of nitrogens with zero attached hydrogens (tertiary/aromatic N) is 2. The van der Waals surface area contributed by atoms with Crippen molar-refractivity contribution in [3.05, 3.63) is 24.0 Å². The summed E-state index contributed by atoms with van der Waals surface area (Å²) < 4.78 is 5.35. The molecule has 1 N–H and O–H groups in total. The lowest BCUT2D eigenvalue weighted by molar-refractivity contribution is 0.0548. The van der Waals surface area contributed by atoms with Gasteiger partial charge in [0.15, 0.2) is 0 Å². The highest BCUT2D eigenvalue weighted by atomic mass is 16.5. The molecule has 17 heavy (non-hydrogen) atoms. The van der Waals surface area contributed by atoms with Gasteiger partial charge in [-0.2, -0.15) is 0 Å². The van der Waals surface area contributed by atoms with Gasteiger partial charge in [0.05, 0.1) is 11.9 Å². The van der Waals surface area contributed by atoms with Gasteiger partial charge < -0.3 is 14.7 Å². The summed E-state index contributed by atoms with van der Waals surface area (Å²) in [5.41, 5.74) is 0.998. The van der Waals surface area contributed by atoms with Crippen LogP contribution >= 0.6 is 0 Å². The van der Waals surface area contributed by atoms with Crippen molar-refractivity contribution in [3.63, 3.8) is 0 Å². The maximum Gasteiger partial charge on any atom is 0.133 e. The summed E-state index contributed by atoms with van der Waals surface area (Å²) in [5, 5.41) is 9.16. The van der Waals surface area contributed by atoms with Gasteiger partial charge in [-0.25, -0.2) is 0 Å². The van der Waals surface area contributed by atoms with E-state index in [2.05, 4.69) is 16.9 Å². The Kier molecular flexibility index (Phi) is 4.34. The normalized spacial score (nSPS) is 17.5. The Balaban J connectivity index is 1.79. The van der Waals surface area contributed by atoms with E-state index in [1.165, 1.54) is 6.20 Å². The highest BCUT2D eigenvalue weighted by Crippen LogP contribution is 2.16. The number of rotatable bonds is 4. The van der Waals surface area contributed by atoms with E-state index in [0.29, 0.717) is 0 Å². The van der Waals surface area contributed by atoms with Crippen LogP contribution in [0.4, 0.5) is 0 Å². The zero-order chi connectivity index (χ0) is 12.1. The standard InChI is InChI=1S/C13H20N2O2/c1-15(9-11-4-6-17-7-5-11)10-12-2-3-13(16)8-14-12/h2-3,8,11,16H,4-7,9-10H2,1H3. The van der Waals surface area contributed by atoms with E-state index in [1.807, 2.05) is 6.07 Å². The fraction of sp³-hybridized carbons (Fsp3) is 0.615. The van der Waals surface area contributed by atoms with Crippen LogP contribution in [-0.4, -0.2) is 41.8 Å². The minimum absolute atomic E-state index is 0.223. The van der Waals surface area contributed by atoms with E-state index in [0.717, 1.165) is 50.8 Å². The monoisotopic (exact) mass is 236 g/mol. The summed E-state index contributed by atoms with van der Waals surface area (Å²) in [6.45, 7) is 3.72. The minimum atomic E-state index is 0.223. The van der Waals surface area contributed by atoms with E-state index in [-0.39, 0.29) is 5.75 Å². The van der Waals surface area contributed by atoms with E-state index in [9.17, 15) is 0 Å². The Morgan fingerprint density at radius 2 is 2.18 bits per heavy atom. The highest BCUT2D eigenvalue weighted by Gasteiger charge is 2.15. The second kappa shape index (κ2) is 5.98. The summed E-state index contributed by atoms with van der Waals surface area (Å²) in [6.07, 6.45) is 3.82. The number of aromatic nitrogens is 1. The summed E-state index contributed by atoms with van der Waals surface area (Å²) in [5.74, 6) is 0.965. The predicted molar refractivity (Wildman–Crippen MR) is 65.8 cm³/mol. The summed E-state index contributed by atoms with van der Waals surface area (Å²) in [6, 6.07) is 3.56. The topological polar surface area (TPSA) is 45.6 Å². The molecule has 0 spiro atoms. The van der Waals surface area contributed by atoms with Crippen LogP contribution in [0, 0.1) is 5.92 Å². The summed E-state index contributed by atoms with van der Waals surface area (Å²) in [7, 11) is 2.12. The third kappa shape index (κ3) is 3.98. The molecule has 1 aliphatic rings. The molecule has 4 nitrogen and oxygen atoms in total. The predicted octanol–water partition coefficient (Wildman–Crippen LogP) is 1.65. The first-order valence-electron chi connectivity index (χ1n) is 6.14. The molecule has 4 heteroatoms. The molecule has 0 aromatic carbocycles. The first kappa shape index (κ1) is 12.3. The molecule has 2 rings (SSSR count). The van der Waals surface area contributed by atoms with Crippen LogP contribution in [0.5, 0.6) is 5.75 Å². The van der Waals surface area contributed by atoms with Crippen LogP contribution in [0.25, 0.3) is 0 Å². The van der Waals surface area contributed by atoms with Crippen molar-refractivity contribution in [2.75, 3.05) is 26.8 Å². The van der Waals surface area contributed by atoms with Gasteiger partial charge in [-0.05, 0) is 37.9 Å². The van der Waals surface area contributed by atoms with Crippen LogP contribution in [-0.2, 0) is 11.3 Å². The van der Waals surface area contributed by atoms with E-state index in [1.54, 1.807) is 6.07 Å². The first-order valence-corrected chi connectivity index (χ1v) is 6.14. The molecule has 0 radical (unpaired) electrons. The molecule has 1 aliphatic heterocycles. The Hall–Kier alpha value is -1.13. The Morgan fingerprint density at radius 3 is 2.82 bits per heavy atom. The van der Waals surface area contributed by atoms with E-state index >= 15 is 0 Å². The minimum Gasteiger partial charge on any atom is -0.506 e. The van der Waals surface area contributed by atoms with E-state index in [4.69, 9.17) is 9.84 Å². The maximum absolute atomic E-state index is 9.16. The molecule has 94 valence electrons. The van der Waals surface area contributed by atoms with Crippen molar-refractivity contribution in [1.29, 1.82) is 0 Å². The van der Waals surface area contributed by atoms with Crippen LogP contribution in [0.2, 0.25) is 0 Å². The third-order valence-electron chi connectivity index (χ3n) is 3.15. The van der Waals surface area contributed by atoms with Crippen molar-refractivity contribution in [3.8, 4) is 5.75 Å². The van der Waals surface area contributed by atoms with Gasteiger partial charge in [0, 0.05) is 26.3 Å². The smallest absolute Gasteiger partial charge is 0.133 e.